The van der Waals surface area contributed by atoms with E-state index in [1.807, 2.05) is 31.7 Å². The molecule has 1 saturated carbocycles. The minimum atomic E-state index is -0.533. The lowest BCUT2D eigenvalue weighted by molar-refractivity contribution is -0.00715. The van der Waals surface area contributed by atoms with Crippen molar-refractivity contribution in [2.75, 3.05) is 45.6 Å². The van der Waals surface area contributed by atoms with Crippen molar-refractivity contribution in [3.05, 3.63) is 41.9 Å². The molecule has 44 heavy (non-hydrogen) atoms. The molecule has 0 unspecified atom stereocenters. The van der Waals surface area contributed by atoms with Crippen molar-refractivity contribution in [1.82, 2.24) is 34.2 Å². The van der Waals surface area contributed by atoms with Crippen LogP contribution in [0.3, 0.4) is 0 Å². The maximum atomic E-state index is 13.4. The summed E-state index contributed by atoms with van der Waals surface area (Å²) < 4.78 is 7.65. The molecule has 2 aliphatic heterocycles. The van der Waals surface area contributed by atoms with Crippen LogP contribution in [0.1, 0.15) is 79.8 Å². The highest BCUT2D eigenvalue weighted by Crippen LogP contribution is 2.35. The standard InChI is InChI=1S/C32H42N8O4/c1-32(2,3)44-31(43)39-18-20-12-21(19-39)17-38(16-20)28(41)22-10-11-26(33-14-22)35-30-34-15-23-13-25(29(42)37(4)5)40(27(23)36-30)24-8-6-7-9-24/h10-11,13-15,20-21,24H,6-9,12,16-19H2,1-5H3,(H,33,34,35,36)/t20-,21+. The summed E-state index contributed by atoms with van der Waals surface area (Å²) >= 11 is 0. The van der Waals surface area contributed by atoms with E-state index in [1.54, 1.807) is 48.4 Å². The Morgan fingerprint density at radius 1 is 0.955 bits per heavy atom. The zero-order valence-corrected chi connectivity index (χ0v) is 26.2. The van der Waals surface area contributed by atoms with Crippen LogP contribution in [-0.2, 0) is 4.74 Å². The summed E-state index contributed by atoms with van der Waals surface area (Å²) in [5.41, 5.74) is 1.34. The molecule has 2 atom stereocenters. The van der Waals surface area contributed by atoms with Gasteiger partial charge in [0.15, 0.2) is 0 Å². The van der Waals surface area contributed by atoms with E-state index in [1.165, 1.54) is 0 Å². The Balaban J connectivity index is 1.13. The van der Waals surface area contributed by atoms with Crippen LogP contribution in [0, 0.1) is 11.8 Å². The number of pyridine rings is 1. The van der Waals surface area contributed by atoms with Gasteiger partial charge >= 0.3 is 6.09 Å². The summed E-state index contributed by atoms with van der Waals surface area (Å²) in [6.07, 6.45) is 8.33. The van der Waals surface area contributed by atoms with Crippen molar-refractivity contribution in [2.45, 2.75) is 64.5 Å². The molecule has 5 heterocycles. The molecule has 3 aromatic rings. The van der Waals surface area contributed by atoms with Crippen LogP contribution >= 0.6 is 0 Å². The van der Waals surface area contributed by atoms with Gasteiger partial charge in [0.1, 0.15) is 22.8 Å². The number of carbonyl (C=O) groups is 3. The topological polar surface area (TPSA) is 126 Å². The number of carbonyl (C=O) groups excluding carboxylic acids is 3. The molecule has 3 amide bonds. The second kappa shape index (κ2) is 11.7. The van der Waals surface area contributed by atoms with Crippen LogP contribution in [-0.4, -0.2) is 98.0 Å². The number of anilines is 2. The zero-order valence-electron chi connectivity index (χ0n) is 26.2. The molecule has 0 spiro atoms. The van der Waals surface area contributed by atoms with Crippen molar-refractivity contribution in [3.8, 4) is 0 Å². The van der Waals surface area contributed by atoms with E-state index >= 15 is 0 Å². The Kier molecular flexibility index (Phi) is 7.93. The number of aromatic nitrogens is 4. The van der Waals surface area contributed by atoms with Crippen LogP contribution in [0.2, 0.25) is 0 Å². The second-order valence-corrected chi connectivity index (χ2v) is 13.6. The first-order chi connectivity index (χ1) is 20.9. The first-order valence-electron chi connectivity index (χ1n) is 15.5. The summed E-state index contributed by atoms with van der Waals surface area (Å²) in [7, 11) is 3.52. The molecule has 234 valence electrons. The van der Waals surface area contributed by atoms with Crippen LogP contribution in [0.25, 0.3) is 11.0 Å². The minimum absolute atomic E-state index is 0.0518. The molecule has 12 heteroatoms. The predicted octanol–water partition coefficient (Wildman–Crippen LogP) is 4.72. The highest BCUT2D eigenvalue weighted by Gasteiger charge is 2.39. The lowest BCUT2D eigenvalue weighted by atomic mass is 9.84. The fraction of sp³-hybridized carbons (Fsp3) is 0.562. The average molecular weight is 603 g/mol. The Labute approximate surface area is 257 Å². The molecule has 1 aliphatic carbocycles. The number of nitrogens with zero attached hydrogens (tertiary/aromatic N) is 7. The van der Waals surface area contributed by atoms with E-state index in [0.29, 0.717) is 49.2 Å². The SMILES string of the molecule is CN(C)C(=O)c1cc2cnc(Nc3ccc(C(=O)N4C[C@@H]5C[C@@H](CN(C(=O)OC(C)(C)C)C5)C4)cn3)nc2n1C1CCCC1. The van der Waals surface area contributed by atoms with Crippen LogP contribution in [0.15, 0.2) is 30.6 Å². The normalized spacial score (nSPS) is 20.6. The van der Waals surface area contributed by atoms with Crippen molar-refractivity contribution < 1.29 is 19.1 Å². The highest BCUT2D eigenvalue weighted by molar-refractivity contribution is 5.98. The summed E-state index contributed by atoms with van der Waals surface area (Å²) in [5, 5.41) is 3.99. The number of fused-ring (bicyclic) bond motifs is 3. The van der Waals surface area contributed by atoms with E-state index in [0.717, 1.165) is 43.1 Å². The number of rotatable bonds is 5. The molecule has 2 bridgehead atoms. The average Bonchev–Trinajstić information content (AvgIpc) is 3.63. The number of likely N-dealkylation sites (tertiary alicyclic amines) is 2. The van der Waals surface area contributed by atoms with E-state index < -0.39 is 5.60 Å². The number of nitrogens with one attached hydrogen (secondary N) is 1. The smallest absolute Gasteiger partial charge is 0.410 e. The van der Waals surface area contributed by atoms with E-state index in [-0.39, 0.29) is 35.8 Å². The van der Waals surface area contributed by atoms with E-state index in [4.69, 9.17) is 9.72 Å². The highest BCUT2D eigenvalue weighted by atomic mass is 16.6. The van der Waals surface area contributed by atoms with Gasteiger partial charge in [-0.25, -0.2) is 14.8 Å². The summed E-state index contributed by atoms with van der Waals surface area (Å²) in [4.78, 5) is 58.1. The summed E-state index contributed by atoms with van der Waals surface area (Å²) in [6, 6.07) is 5.63. The molecule has 12 nitrogen and oxygen atoms in total. The number of hydrogen-bond donors (Lipinski definition) is 1. The number of ether oxygens (including phenoxy) is 1. The first-order valence-corrected chi connectivity index (χ1v) is 15.5. The molecule has 0 aromatic carbocycles. The molecule has 6 rings (SSSR count). The Morgan fingerprint density at radius 3 is 2.25 bits per heavy atom. The predicted molar refractivity (Wildman–Crippen MR) is 166 cm³/mol. The monoisotopic (exact) mass is 602 g/mol. The number of amides is 3. The first kappa shape index (κ1) is 29.8. The van der Waals surface area contributed by atoms with Crippen molar-refractivity contribution in [3.63, 3.8) is 0 Å². The molecule has 3 aromatic heterocycles. The molecule has 2 saturated heterocycles. The van der Waals surface area contributed by atoms with Crippen LogP contribution < -0.4 is 5.32 Å². The lowest BCUT2D eigenvalue weighted by Gasteiger charge is -2.45. The van der Waals surface area contributed by atoms with Crippen LogP contribution in [0.5, 0.6) is 0 Å². The maximum Gasteiger partial charge on any atom is 0.410 e. The summed E-state index contributed by atoms with van der Waals surface area (Å²) in [5.74, 6) is 1.23. The zero-order chi connectivity index (χ0) is 31.2. The Hall–Kier alpha value is -4.22. The Morgan fingerprint density at radius 2 is 1.64 bits per heavy atom. The molecular formula is C32H42N8O4. The lowest BCUT2D eigenvalue weighted by Crippen LogP contribution is -2.55. The fourth-order valence-corrected chi connectivity index (χ4v) is 6.81. The molecule has 0 radical (unpaired) electrons. The third-order valence-electron chi connectivity index (χ3n) is 8.66. The van der Waals surface area contributed by atoms with Gasteiger partial charge in [-0.05, 0) is 70.1 Å². The van der Waals surface area contributed by atoms with Crippen molar-refractivity contribution in [2.24, 2.45) is 11.8 Å². The van der Waals surface area contributed by atoms with Gasteiger partial charge in [-0.2, -0.15) is 4.98 Å². The quantitative estimate of drug-likeness (QED) is 0.445. The Bertz CT molecular complexity index is 1540. The number of hydrogen-bond acceptors (Lipinski definition) is 8. The number of piperidine rings is 2. The van der Waals surface area contributed by atoms with Gasteiger partial charge in [-0.3, -0.25) is 9.59 Å². The van der Waals surface area contributed by atoms with Gasteiger partial charge < -0.3 is 29.3 Å². The molecule has 3 aliphatic rings. The van der Waals surface area contributed by atoms with Gasteiger partial charge in [0.2, 0.25) is 5.95 Å². The largest absolute Gasteiger partial charge is 0.444 e. The third-order valence-corrected chi connectivity index (χ3v) is 8.66. The molecular weight excluding hydrogens is 560 g/mol. The van der Waals surface area contributed by atoms with E-state index in [9.17, 15) is 14.4 Å². The van der Waals surface area contributed by atoms with Gasteiger partial charge in [0.25, 0.3) is 11.8 Å². The minimum Gasteiger partial charge on any atom is -0.444 e. The van der Waals surface area contributed by atoms with Gasteiger partial charge in [-0.15, -0.1) is 0 Å². The van der Waals surface area contributed by atoms with Gasteiger partial charge in [-0.1, -0.05) is 12.8 Å². The maximum absolute atomic E-state index is 13.4. The van der Waals surface area contributed by atoms with E-state index in [2.05, 4.69) is 19.9 Å². The van der Waals surface area contributed by atoms with Gasteiger partial charge in [0, 0.05) is 64.1 Å². The second-order valence-electron chi connectivity index (χ2n) is 13.6. The van der Waals surface area contributed by atoms with Crippen LogP contribution in [0.4, 0.5) is 16.6 Å². The summed E-state index contributed by atoms with van der Waals surface area (Å²) in [6.45, 7) is 8.00. The molecule has 1 N–H and O–H groups in total. The van der Waals surface area contributed by atoms with Crippen molar-refractivity contribution >= 4 is 40.7 Å². The third kappa shape index (κ3) is 6.20. The molecule has 3 fully saturated rings. The fourth-order valence-electron chi connectivity index (χ4n) is 6.81. The van der Waals surface area contributed by atoms with Gasteiger partial charge in [0.05, 0.1) is 5.56 Å². The van der Waals surface area contributed by atoms with Crippen molar-refractivity contribution in [1.29, 1.82) is 0 Å².